The summed E-state index contributed by atoms with van der Waals surface area (Å²) in [4.78, 5) is 16.7. The predicted octanol–water partition coefficient (Wildman–Crippen LogP) is 5.94. The van der Waals surface area contributed by atoms with E-state index in [9.17, 15) is 0 Å². The SMILES string of the molecule is CCCCN(CC)c1nc(C)nc2c1nc(C)n2-c1ccc(C(C)C)cc1Br. The topological polar surface area (TPSA) is 46.8 Å². The van der Waals surface area contributed by atoms with E-state index in [2.05, 4.69) is 71.3 Å². The van der Waals surface area contributed by atoms with Gasteiger partial charge >= 0.3 is 0 Å². The predicted molar refractivity (Wildman–Crippen MR) is 121 cm³/mol. The van der Waals surface area contributed by atoms with Gasteiger partial charge in [-0.25, -0.2) is 15.0 Å². The maximum absolute atomic E-state index is 4.88. The molecule has 5 nitrogen and oxygen atoms in total. The molecular formula is C22H30BrN5. The highest BCUT2D eigenvalue weighted by Crippen LogP contribution is 2.32. The summed E-state index contributed by atoms with van der Waals surface area (Å²) in [5, 5.41) is 0. The molecular weight excluding hydrogens is 414 g/mol. The summed E-state index contributed by atoms with van der Waals surface area (Å²) >= 11 is 3.77. The number of imidazole rings is 1. The second-order valence-electron chi connectivity index (χ2n) is 7.56. The zero-order chi connectivity index (χ0) is 20.4. The molecule has 0 atom stereocenters. The highest BCUT2D eigenvalue weighted by Gasteiger charge is 2.20. The Morgan fingerprint density at radius 1 is 1.11 bits per heavy atom. The van der Waals surface area contributed by atoms with Crippen LogP contribution in [0.25, 0.3) is 16.9 Å². The smallest absolute Gasteiger partial charge is 0.170 e. The van der Waals surface area contributed by atoms with Crippen LogP contribution in [0.4, 0.5) is 5.82 Å². The van der Waals surface area contributed by atoms with Crippen LogP contribution >= 0.6 is 15.9 Å². The Kier molecular flexibility index (Phi) is 6.38. The van der Waals surface area contributed by atoms with Gasteiger partial charge in [0.2, 0.25) is 0 Å². The molecule has 0 radical (unpaired) electrons. The van der Waals surface area contributed by atoms with E-state index in [0.29, 0.717) is 5.92 Å². The molecule has 0 aliphatic carbocycles. The van der Waals surface area contributed by atoms with Crippen molar-refractivity contribution in [2.45, 2.75) is 60.3 Å². The van der Waals surface area contributed by atoms with Crippen LogP contribution < -0.4 is 4.90 Å². The van der Waals surface area contributed by atoms with Gasteiger partial charge in [0, 0.05) is 17.6 Å². The van der Waals surface area contributed by atoms with E-state index in [0.717, 1.165) is 64.7 Å². The van der Waals surface area contributed by atoms with Gasteiger partial charge in [-0.15, -0.1) is 0 Å². The van der Waals surface area contributed by atoms with Gasteiger partial charge in [-0.2, -0.15) is 0 Å². The molecule has 3 rings (SSSR count). The highest BCUT2D eigenvalue weighted by molar-refractivity contribution is 9.10. The number of benzene rings is 1. The molecule has 0 fully saturated rings. The normalized spacial score (nSPS) is 11.6. The molecule has 6 heteroatoms. The number of unbranched alkanes of at least 4 members (excludes halogenated alkanes) is 1. The zero-order valence-corrected chi connectivity index (χ0v) is 19.3. The van der Waals surface area contributed by atoms with Crippen LogP contribution in [0.15, 0.2) is 22.7 Å². The van der Waals surface area contributed by atoms with Crippen LogP contribution in [0.5, 0.6) is 0 Å². The van der Waals surface area contributed by atoms with Crippen molar-refractivity contribution in [1.29, 1.82) is 0 Å². The molecule has 0 aliphatic rings. The Morgan fingerprint density at radius 2 is 1.86 bits per heavy atom. The van der Waals surface area contributed by atoms with Gasteiger partial charge in [0.15, 0.2) is 17.0 Å². The third kappa shape index (κ3) is 3.93. The van der Waals surface area contributed by atoms with Gasteiger partial charge in [0.05, 0.1) is 5.69 Å². The molecule has 1 aromatic carbocycles. The van der Waals surface area contributed by atoms with Crippen LogP contribution in [0.2, 0.25) is 0 Å². The fourth-order valence-corrected chi connectivity index (χ4v) is 4.07. The monoisotopic (exact) mass is 443 g/mol. The Morgan fingerprint density at radius 3 is 2.46 bits per heavy atom. The molecule has 0 amide bonds. The minimum absolute atomic E-state index is 0.485. The van der Waals surface area contributed by atoms with Crippen molar-refractivity contribution in [1.82, 2.24) is 19.5 Å². The van der Waals surface area contributed by atoms with E-state index in [1.807, 2.05) is 13.8 Å². The summed E-state index contributed by atoms with van der Waals surface area (Å²) in [5.74, 6) is 3.11. The Hall–Kier alpha value is -1.95. The lowest BCUT2D eigenvalue weighted by molar-refractivity contribution is 0.723. The zero-order valence-electron chi connectivity index (χ0n) is 17.8. The van der Waals surface area contributed by atoms with Crippen LogP contribution in [0.1, 0.15) is 63.7 Å². The molecule has 150 valence electrons. The van der Waals surface area contributed by atoms with Crippen LogP contribution in [-0.2, 0) is 0 Å². The van der Waals surface area contributed by atoms with Gasteiger partial charge < -0.3 is 4.90 Å². The lowest BCUT2D eigenvalue weighted by Gasteiger charge is -2.22. The highest BCUT2D eigenvalue weighted by atomic mass is 79.9. The summed E-state index contributed by atoms with van der Waals surface area (Å²) in [6.45, 7) is 14.7. The molecule has 0 spiro atoms. The van der Waals surface area contributed by atoms with Gasteiger partial charge in [-0.1, -0.05) is 33.3 Å². The lowest BCUT2D eigenvalue weighted by atomic mass is 10.0. The number of aromatic nitrogens is 4. The third-order valence-electron chi connectivity index (χ3n) is 5.11. The second-order valence-corrected chi connectivity index (χ2v) is 8.41. The number of hydrogen-bond donors (Lipinski definition) is 0. The van der Waals surface area contributed by atoms with E-state index in [4.69, 9.17) is 15.0 Å². The summed E-state index contributed by atoms with van der Waals surface area (Å²) < 4.78 is 3.19. The molecule has 28 heavy (non-hydrogen) atoms. The van der Waals surface area contributed by atoms with E-state index in [1.54, 1.807) is 0 Å². The number of halogens is 1. The van der Waals surface area contributed by atoms with Gasteiger partial charge in [0.1, 0.15) is 11.6 Å². The van der Waals surface area contributed by atoms with Crippen molar-refractivity contribution >= 4 is 32.9 Å². The van der Waals surface area contributed by atoms with Crippen molar-refractivity contribution in [2.24, 2.45) is 0 Å². The molecule has 0 saturated heterocycles. The number of fused-ring (bicyclic) bond motifs is 1. The number of rotatable bonds is 7. The second kappa shape index (κ2) is 8.60. The molecule has 0 bridgehead atoms. The first-order valence-electron chi connectivity index (χ1n) is 10.2. The molecule has 3 aromatic rings. The van der Waals surface area contributed by atoms with Crippen molar-refractivity contribution < 1.29 is 0 Å². The summed E-state index contributed by atoms with van der Waals surface area (Å²) in [5.41, 5.74) is 4.11. The average molecular weight is 444 g/mol. The molecule has 0 unspecified atom stereocenters. The number of aryl methyl sites for hydroxylation is 2. The fraction of sp³-hybridized carbons (Fsp3) is 0.500. The van der Waals surface area contributed by atoms with E-state index in [-0.39, 0.29) is 0 Å². The van der Waals surface area contributed by atoms with Crippen molar-refractivity contribution in [3.63, 3.8) is 0 Å². The van der Waals surface area contributed by atoms with Crippen molar-refractivity contribution in [2.75, 3.05) is 18.0 Å². The van der Waals surface area contributed by atoms with Crippen LogP contribution in [0.3, 0.4) is 0 Å². The van der Waals surface area contributed by atoms with Gasteiger partial charge in [-0.3, -0.25) is 4.57 Å². The lowest BCUT2D eigenvalue weighted by Crippen LogP contribution is -2.25. The van der Waals surface area contributed by atoms with E-state index < -0.39 is 0 Å². The van der Waals surface area contributed by atoms with Crippen LogP contribution in [-0.4, -0.2) is 32.6 Å². The Labute approximate surface area is 176 Å². The average Bonchev–Trinajstić information content (AvgIpc) is 2.97. The number of anilines is 1. The number of nitrogens with zero attached hydrogens (tertiary/aromatic N) is 5. The minimum atomic E-state index is 0.485. The van der Waals surface area contributed by atoms with Gasteiger partial charge in [-0.05, 0) is 66.7 Å². The molecule has 0 N–H and O–H groups in total. The van der Waals surface area contributed by atoms with Crippen LogP contribution in [0, 0.1) is 13.8 Å². The molecule has 2 heterocycles. The molecule has 0 saturated carbocycles. The first-order valence-corrected chi connectivity index (χ1v) is 10.9. The molecule has 0 aliphatic heterocycles. The molecule has 2 aromatic heterocycles. The van der Waals surface area contributed by atoms with Crippen molar-refractivity contribution in [3.05, 3.63) is 39.9 Å². The number of hydrogen-bond acceptors (Lipinski definition) is 4. The van der Waals surface area contributed by atoms with Gasteiger partial charge in [0.25, 0.3) is 0 Å². The quantitative estimate of drug-likeness (QED) is 0.452. The largest absolute Gasteiger partial charge is 0.355 e. The van der Waals surface area contributed by atoms with E-state index >= 15 is 0 Å². The summed E-state index contributed by atoms with van der Waals surface area (Å²) in [6.07, 6.45) is 2.30. The Balaban J connectivity index is 2.19. The first-order chi connectivity index (χ1) is 13.4. The standard InChI is InChI=1S/C22H30BrN5/c1-7-9-12-27(8-2)21-20-22(25-15(5)24-21)28(16(6)26-20)19-11-10-17(14(3)4)13-18(19)23/h10-11,13-14H,7-9,12H2,1-6H3. The Bertz CT molecular complexity index is 977. The van der Waals surface area contributed by atoms with E-state index in [1.165, 1.54) is 5.56 Å². The maximum Gasteiger partial charge on any atom is 0.170 e. The fourth-order valence-electron chi connectivity index (χ4n) is 3.49. The summed E-state index contributed by atoms with van der Waals surface area (Å²) in [6, 6.07) is 6.53. The third-order valence-corrected chi connectivity index (χ3v) is 5.75. The maximum atomic E-state index is 4.88. The summed E-state index contributed by atoms with van der Waals surface area (Å²) in [7, 11) is 0. The first kappa shape index (κ1) is 20.8. The van der Waals surface area contributed by atoms with Crippen molar-refractivity contribution in [3.8, 4) is 5.69 Å². The minimum Gasteiger partial charge on any atom is -0.355 e.